The van der Waals surface area contributed by atoms with Crippen LogP contribution in [-0.4, -0.2) is 54.7 Å². The van der Waals surface area contributed by atoms with Crippen LogP contribution in [0.15, 0.2) is 12.7 Å². The van der Waals surface area contributed by atoms with Gasteiger partial charge in [0.2, 0.25) is 0 Å². The summed E-state index contributed by atoms with van der Waals surface area (Å²) in [6.07, 6.45) is -0.411. The first-order chi connectivity index (χ1) is 10.9. The third kappa shape index (κ3) is 2.19. The second-order valence-electron chi connectivity index (χ2n) is 5.84. The van der Waals surface area contributed by atoms with Crippen LogP contribution in [0.25, 0.3) is 11.2 Å². The summed E-state index contributed by atoms with van der Waals surface area (Å²) in [5, 5.41) is 9.58. The molecule has 2 aliphatic heterocycles. The van der Waals surface area contributed by atoms with E-state index >= 15 is 0 Å². The molecule has 0 spiro atoms. The van der Waals surface area contributed by atoms with E-state index in [0.717, 1.165) is 0 Å². The number of hydrogen-bond donors (Lipinski definition) is 1. The molecule has 4 atom stereocenters. The number of imidazole rings is 1. The molecule has 0 aromatic carbocycles. The van der Waals surface area contributed by atoms with Gasteiger partial charge in [-0.05, 0) is 13.8 Å². The highest BCUT2D eigenvalue weighted by Crippen LogP contribution is 2.43. The predicted octanol–water partition coefficient (Wildman–Crippen LogP) is 0.982. The summed E-state index contributed by atoms with van der Waals surface area (Å²) in [5.74, 6) is -2.01. The zero-order valence-electron chi connectivity index (χ0n) is 12.2. The molecule has 2 aromatic rings. The molecule has 0 radical (unpaired) electrons. The Kier molecular flexibility index (Phi) is 3.11. The van der Waals surface area contributed by atoms with Gasteiger partial charge in [-0.2, -0.15) is 0 Å². The first kappa shape index (κ1) is 14.8. The smallest absolute Gasteiger partial charge is 0.335 e. The van der Waals surface area contributed by atoms with Crippen LogP contribution in [0, 0.1) is 0 Å². The van der Waals surface area contributed by atoms with Crippen LogP contribution in [0.3, 0.4) is 0 Å². The maximum atomic E-state index is 11.5. The van der Waals surface area contributed by atoms with E-state index < -0.39 is 36.3 Å². The lowest BCUT2D eigenvalue weighted by Crippen LogP contribution is -2.35. The molecule has 9 nitrogen and oxygen atoms in total. The van der Waals surface area contributed by atoms with Crippen LogP contribution in [0.4, 0.5) is 0 Å². The van der Waals surface area contributed by atoms with E-state index in [1.54, 1.807) is 18.4 Å². The minimum Gasteiger partial charge on any atom is -0.479 e. The number of aromatic nitrogens is 4. The van der Waals surface area contributed by atoms with E-state index in [1.165, 1.54) is 12.7 Å². The van der Waals surface area contributed by atoms with Gasteiger partial charge in [0.1, 0.15) is 24.1 Å². The summed E-state index contributed by atoms with van der Waals surface area (Å²) in [6, 6.07) is 0. The fourth-order valence-electron chi connectivity index (χ4n) is 3.01. The second kappa shape index (κ2) is 4.84. The minimum atomic E-state index is -1.14. The zero-order chi connectivity index (χ0) is 16.4. The van der Waals surface area contributed by atoms with Crippen molar-refractivity contribution in [1.82, 2.24) is 19.5 Å². The van der Waals surface area contributed by atoms with Gasteiger partial charge in [-0.25, -0.2) is 19.7 Å². The maximum absolute atomic E-state index is 11.5. The van der Waals surface area contributed by atoms with Gasteiger partial charge in [0.25, 0.3) is 0 Å². The Morgan fingerprint density at radius 1 is 1.30 bits per heavy atom. The first-order valence-corrected chi connectivity index (χ1v) is 7.32. The Labute approximate surface area is 135 Å². The number of aliphatic carboxylic acids is 1. The van der Waals surface area contributed by atoms with Gasteiger partial charge >= 0.3 is 5.97 Å². The van der Waals surface area contributed by atoms with Gasteiger partial charge in [-0.3, -0.25) is 4.57 Å². The van der Waals surface area contributed by atoms with Crippen LogP contribution < -0.4 is 0 Å². The third-order valence-corrected chi connectivity index (χ3v) is 4.14. The number of halogens is 1. The molecule has 2 aliphatic rings. The number of carboxylic acids is 1. The normalized spacial score (nSPS) is 32.3. The van der Waals surface area contributed by atoms with Crippen molar-refractivity contribution < 1.29 is 24.1 Å². The van der Waals surface area contributed by atoms with Crippen LogP contribution >= 0.6 is 11.6 Å². The number of rotatable bonds is 2. The molecule has 0 saturated carbocycles. The molecule has 122 valence electrons. The third-order valence-electron chi connectivity index (χ3n) is 3.86. The Morgan fingerprint density at radius 2 is 2.04 bits per heavy atom. The molecule has 1 N–H and O–H groups in total. The van der Waals surface area contributed by atoms with Crippen LogP contribution in [0.1, 0.15) is 20.1 Å². The Bertz CT molecular complexity index is 794. The molecule has 2 aromatic heterocycles. The lowest BCUT2D eigenvalue weighted by atomic mass is 10.1. The fourth-order valence-corrected chi connectivity index (χ4v) is 3.19. The lowest BCUT2D eigenvalue weighted by Gasteiger charge is -2.23. The fraction of sp³-hybridized carbons (Fsp3) is 0.538. The van der Waals surface area contributed by atoms with E-state index in [4.69, 9.17) is 25.8 Å². The molecular weight excluding hydrogens is 328 g/mol. The zero-order valence-corrected chi connectivity index (χ0v) is 13.0. The highest BCUT2D eigenvalue weighted by Gasteiger charge is 2.58. The van der Waals surface area contributed by atoms with E-state index in [-0.39, 0.29) is 5.15 Å². The van der Waals surface area contributed by atoms with Crippen LogP contribution in [0.5, 0.6) is 0 Å². The average molecular weight is 341 g/mol. The highest BCUT2D eigenvalue weighted by atomic mass is 35.5. The van der Waals surface area contributed by atoms with E-state index in [1.807, 2.05) is 0 Å². The minimum absolute atomic E-state index is 0.210. The first-order valence-electron chi connectivity index (χ1n) is 6.94. The van der Waals surface area contributed by atoms with Crippen molar-refractivity contribution in [2.75, 3.05) is 0 Å². The predicted molar refractivity (Wildman–Crippen MR) is 75.7 cm³/mol. The number of carbonyl (C=O) groups is 1. The van der Waals surface area contributed by atoms with Gasteiger partial charge in [-0.15, -0.1) is 0 Å². The molecule has 2 saturated heterocycles. The Hall–Kier alpha value is -1.81. The quantitative estimate of drug-likeness (QED) is 0.806. The topological polar surface area (TPSA) is 109 Å². The molecule has 0 aliphatic carbocycles. The van der Waals surface area contributed by atoms with E-state index in [0.29, 0.717) is 11.2 Å². The highest BCUT2D eigenvalue weighted by molar-refractivity contribution is 6.33. The molecule has 23 heavy (non-hydrogen) atoms. The standard InChI is InChI=1S/C13H13ClN4O5/c1-13(2)22-6-7(23-13)11(21-8(6)12(19)20)18-4-17-5-9(14)15-3-16-10(5)18/h3-4,6-8,11H,1-2H3,(H,19,20)/t6-,7+,8-,11+/m1/s1. The Balaban J connectivity index is 1.78. The van der Waals surface area contributed by atoms with Crippen molar-refractivity contribution in [1.29, 1.82) is 0 Å². The van der Waals surface area contributed by atoms with Gasteiger partial charge in [-0.1, -0.05) is 11.6 Å². The van der Waals surface area contributed by atoms with Crippen molar-refractivity contribution in [3.8, 4) is 0 Å². The molecule has 4 heterocycles. The summed E-state index contributed by atoms with van der Waals surface area (Å²) in [7, 11) is 0. The molecular formula is C13H13ClN4O5. The number of carboxylic acid groups (broad SMARTS) is 1. The number of ether oxygens (including phenoxy) is 3. The van der Waals surface area contributed by atoms with Crippen molar-refractivity contribution in [3.63, 3.8) is 0 Å². The van der Waals surface area contributed by atoms with Gasteiger partial charge in [0, 0.05) is 0 Å². The summed E-state index contributed by atoms with van der Waals surface area (Å²) in [5.41, 5.74) is 0.847. The molecule has 0 bridgehead atoms. The van der Waals surface area contributed by atoms with Gasteiger partial charge in [0.15, 0.2) is 28.9 Å². The van der Waals surface area contributed by atoms with Crippen molar-refractivity contribution in [2.45, 2.75) is 44.2 Å². The second-order valence-corrected chi connectivity index (χ2v) is 6.20. The summed E-state index contributed by atoms with van der Waals surface area (Å²) in [4.78, 5) is 23.6. The lowest BCUT2D eigenvalue weighted by molar-refractivity contribution is -0.202. The van der Waals surface area contributed by atoms with Crippen LogP contribution in [0.2, 0.25) is 5.15 Å². The molecule has 4 rings (SSSR count). The molecule has 10 heteroatoms. The summed E-state index contributed by atoms with van der Waals surface area (Å²) < 4.78 is 18.8. The summed E-state index contributed by atoms with van der Waals surface area (Å²) >= 11 is 5.99. The summed E-state index contributed by atoms with van der Waals surface area (Å²) in [6.45, 7) is 3.46. The van der Waals surface area contributed by atoms with Gasteiger partial charge < -0.3 is 19.3 Å². The van der Waals surface area contributed by atoms with Crippen LogP contribution in [-0.2, 0) is 19.0 Å². The molecule has 0 amide bonds. The average Bonchev–Trinajstić information content (AvgIpc) is 3.09. The number of fused-ring (bicyclic) bond motifs is 2. The maximum Gasteiger partial charge on any atom is 0.335 e. The number of nitrogens with zero attached hydrogens (tertiary/aromatic N) is 4. The van der Waals surface area contributed by atoms with Crippen molar-refractivity contribution in [3.05, 3.63) is 17.8 Å². The number of hydrogen-bond acceptors (Lipinski definition) is 7. The monoisotopic (exact) mass is 340 g/mol. The van der Waals surface area contributed by atoms with Gasteiger partial charge in [0.05, 0.1) is 6.33 Å². The van der Waals surface area contributed by atoms with E-state index in [9.17, 15) is 9.90 Å². The van der Waals surface area contributed by atoms with Crippen molar-refractivity contribution in [2.24, 2.45) is 0 Å². The molecule has 0 unspecified atom stereocenters. The largest absolute Gasteiger partial charge is 0.479 e. The van der Waals surface area contributed by atoms with E-state index in [2.05, 4.69) is 15.0 Å². The van der Waals surface area contributed by atoms with Crippen molar-refractivity contribution >= 4 is 28.7 Å². The molecule has 2 fully saturated rings. The SMILES string of the molecule is CC1(C)O[C@@H]2[C@H](O1)[C@@H](n1cnc3c(Cl)ncnc31)O[C@H]2C(=O)O. The Morgan fingerprint density at radius 3 is 2.78 bits per heavy atom.